The third-order valence-corrected chi connectivity index (χ3v) is 6.24. The van der Waals surface area contributed by atoms with Gasteiger partial charge in [-0.1, -0.05) is 84.0 Å². The lowest BCUT2D eigenvalue weighted by atomic mass is 10.0. The molecule has 4 heteroatoms. The molecule has 0 radical (unpaired) electrons. The molecular formula is C25H42O3S. The zero-order chi connectivity index (χ0) is 21.0. The molecule has 166 valence electrons. The third kappa shape index (κ3) is 15.4. The first-order valence-electron chi connectivity index (χ1n) is 11.8. The molecule has 0 amide bonds. The van der Waals surface area contributed by atoms with Crippen molar-refractivity contribution in [3.8, 4) is 5.75 Å². The fourth-order valence-electron chi connectivity index (χ4n) is 3.46. The molecule has 0 fully saturated rings. The number of carboxylic acids is 1. The molecule has 0 saturated carbocycles. The second kappa shape index (κ2) is 18.8. The molecule has 1 aromatic carbocycles. The first kappa shape index (κ1) is 25.9. The summed E-state index contributed by atoms with van der Waals surface area (Å²) in [7, 11) is 0. The van der Waals surface area contributed by atoms with E-state index in [-0.39, 0.29) is 0 Å². The van der Waals surface area contributed by atoms with Crippen molar-refractivity contribution in [2.45, 2.75) is 96.8 Å². The Kier molecular flexibility index (Phi) is 16.8. The van der Waals surface area contributed by atoms with Gasteiger partial charge in [-0.05, 0) is 48.6 Å². The number of ether oxygens (including phenoxy) is 1. The highest BCUT2D eigenvalue weighted by atomic mass is 32.2. The van der Waals surface area contributed by atoms with Crippen molar-refractivity contribution < 1.29 is 14.6 Å². The standard InChI is InChI=1S/C25H42O3S/c1-2-29-22-16-14-12-10-8-6-4-3-5-7-9-11-13-15-21-28-24-19-17-23(18-20-24)25(26)27/h17-20H,2-16,21-22H2,1H3,(H,26,27). The molecule has 0 aromatic heterocycles. The number of benzene rings is 1. The quantitative estimate of drug-likeness (QED) is 0.216. The van der Waals surface area contributed by atoms with Crippen LogP contribution in [-0.4, -0.2) is 29.2 Å². The minimum absolute atomic E-state index is 0.300. The number of aromatic carboxylic acids is 1. The fourth-order valence-corrected chi connectivity index (χ4v) is 4.15. The van der Waals surface area contributed by atoms with Crippen molar-refractivity contribution in [1.29, 1.82) is 0 Å². The summed E-state index contributed by atoms with van der Waals surface area (Å²) in [6, 6.07) is 6.64. The Hall–Kier alpha value is -1.16. The minimum atomic E-state index is -0.899. The third-order valence-electron chi connectivity index (χ3n) is 5.26. The summed E-state index contributed by atoms with van der Waals surface area (Å²) >= 11 is 2.07. The van der Waals surface area contributed by atoms with Crippen molar-refractivity contribution in [1.82, 2.24) is 0 Å². The molecule has 29 heavy (non-hydrogen) atoms. The van der Waals surface area contributed by atoms with Gasteiger partial charge in [0, 0.05) is 0 Å². The molecule has 0 saturated heterocycles. The summed E-state index contributed by atoms with van der Waals surface area (Å²) in [6.07, 6.45) is 19.0. The van der Waals surface area contributed by atoms with E-state index in [2.05, 4.69) is 18.7 Å². The SMILES string of the molecule is CCSCCCCCCCCCCCCCCCCOc1ccc(C(=O)O)cc1. The Morgan fingerprint density at radius 2 is 1.21 bits per heavy atom. The zero-order valence-corrected chi connectivity index (χ0v) is 19.3. The molecule has 0 bridgehead atoms. The van der Waals surface area contributed by atoms with Crippen LogP contribution in [0.5, 0.6) is 5.75 Å². The zero-order valence-electron chi connectivity index (χ0n) is 18.5. The van der Waals surface area contributed by atoms with E-state index in [0.717, 1.165) is 12.2 Å². The molecule has 0 spiro atoms. The number of carboxylic acid groups (broad SMARTS) is 1. The van der Waals surface area contributed by atoms with Crippen molar-refractivity contribution in [2.75, 3.05) is 18.1 Å². The van der Waals surface area contributed by atoms with E-state index in [1.165, 1.54) is 95.0 Å². The van der Waals surface area contributed by atoms with Gasteiger partial charge in [0.25, 0.3) is 0 Å². The van der Waals surface area contributed by atoms with Crippen molar-refractivity contribution >= 4 is 17.7 Å². The van der Waals surface area contributed by atoms with Gasteiger partial charge in [0.1, 0.15) is 5.75 Å². The van der Waals surface area contributed by atoms with Crippen LogP contribution in [0.25, 0.3) is 0 Å². The number of unbranched alkanes of at least 4 members (excludes halogenated alkanes) is 13. The van der Waals surface area contributed by atoms with Crippen LogP contribution in [0.1, 0.15) is 107 Å². The maximum Gasteiger partial charge on any atom is 0.335 e. The van der Waals surface area contributed by atoms with E-state index in [9.17, 15) is 4.79 Å². The molecular weight excluding hydrogens is 380 g/mol. The number of hydrogen-bond acceptors (Lipinski definition) is 3. The Morgan fingerprint density at radius 3 is 1.66 bits per heavy atom. The molecule has 0 atom stereocenters. The summed E-state index contributed by atoms with van der Waals surface area (Å²) in [5.41, 5.74) is 0.300. The smallest absolute Gasteiger partial charge is 0.335 e. The fraction of sp³-hybridized carbons (Fsp3) is 0.720. The van der Waals surface area contributed by atoms with Gasteiger partial charge in [-0.15, -0.1) is 0 Å². The van der Waals surface area contributed by atoms with Crippen molar-refractivity contribution in [3.05, 3.63) is 29.8 Å². The highest BCUT2D eigenvalue weighted by Crippen LogP contribution is 2.15. The van der Waals surface area contributed by atoms with Crippen LogP contribution in [0.3, 0.4) is 0 Å². The summed E-state index contributed by atoms with van der Waals surface area (Å²) in [5.74, 6) is 2.47. The molecule has 0 aliphatic carbocycles. The van der Waals surface area contributed by atoms with Gasteiger partial charge >= 0.3 is 5.97 Å². The van der Waals surface area contributed by atoms with Gasteiger partial charge in [0.15, 0.2) is 0 Å². The highest BCUT2D eigenvalue weighted by molar-refractivity contribution is 7.99. The first-order chi connectivity index (χ1) is 14.2. The maximum absolute atomic E-state index is 10.8. The van der Waals surface area contributed by atoms with Crippen LogP contribution in [0.4, 0.5) is 0 Å². The number of rotatable bonds is 20. The second-order valence-corrected chi connectivity index (χ2v) is 9.22. The Morgan fingerprint density at radius 1 is 0.759 bits per heavy atom. The van der Waals surface area contributed by atoms with Gasteiger partial charge in [-0.25, -0.2) is 4.79 Å². The van der Waals surface area contributed by atoms with Crippen LogP contribution in [0, 0.1) is 0 Å². The molecule has 1 N–H and O–H groups in total. The van der Waals surface area contributed by atoms with Gasteiger partial charge in [-0.2, -0.15) is 11.8 Å². The van der Waals surface area contributed by atoms with Crippen LogP contribution in [0.2, 0.25) is 0 Å². The van der Waals surface area contributed by atoms with Crippen LogP contribution < -0.4 is 4.74 Å². The largest absolute Gasteiger partial charge is 0.494 e. The number of thioether (sulfide) groups is 1. The van der Waals surface area contributed by atoms with Crippen LogP contribution in [-0.2, 0) is 0 Å². The first-order valence-corrected chi connectivity index (χ1v) is 12.9. The summed E-state index contributed by atoms with van der Waals surface area (Å²) in [4.78, 5) is 10.8. The van der Waals surface area contributed by atoms with E-state index in [4.69, 9.17) is 9.84 Å². The molecule has 0 heterocycles. The average molecular weight is 423 g/mol. The normalized spacial score (nSPS) is 10.9. The Labute approximate surface area is 183 Å². The van der Waals surface area contributed by atoms with Gasteiger partial charge in [0.05, 0.1) is 12.2 Å². The van der Waals surface area contributed by atoms with E-state index in [1.807, 2.05) is 0 Å². The van der Waals surface area contributed by atoms with Crippen molar-refractivity contribution in [2.24, 2.45) is 0 Å². The summed E-state index contributed by atoms with van der Waals surface area (Å²) in [5, 5.41) is 8.87. The molecule has 3 nitrogen and oxygen atoms in total. The minimum Gasteiger partial charge on any atom is -0.494 e. The van der Waals surface area contributed by atoms with Gasteiger partial charge in [0.2, 0.25) is 0 Å². The molecule has 1 aromatic rings. The maximum atomic E-state index is 10.8. The molecule has 0 unspecified atom stereocenters. The number of carbonyl (C=O) groups is 1. The molecule has 0 aliphatic heterocycles. The summed E-state index contributed by atoms with van der Waals surface area (Å²) in [6.45, 7) is 2.96. The topological polar surface area (TPSA) is 46.5 Å². The monoisotopic (exact) mass is 422 g/mol. The Bertz CT molecular complexity index is 501. The van der Waals surface area contributed by atoms with E-state index in [0.29, 0.717) is 12.2 Å². The average Bonchev–Trinajstić information content (AvgIpc) is 2.73. The molecule has 1 rings (SSSR count). The summed E-state index contributed by atoms with van der Waals surface area (Å²) < 4.78 is 5.67. The predicted molar refractivity (Wildman–Crippen MR) is 127 cm³/mol. The lowest BCUT2D eigenvalue weighted by molar-refractivity contribution is 0.0697. The molecule has 0 aliphatic rings. The van der Waals surface area contributed by atoms with Crippen LogP contribution in [0.15, 0.2) is 24.3 Å². The van der Waals surface area contributed by atoms with E-state index in [1.54, 1.807) is 24.3 Å². The lowest BCUT2D eigenvalue weighted by Crippen LogP contribution is -1.99. The Balaban J connectivity index is 1.77. The van der Waals surface area contributed by atoms with Crippen molar-refractivity contribution in [3.63, 3.8) is 0 Å². The van der Waals surface area contributed by atoms with Gasteiger partial charge in [-0.3, -0.25) is 0 Å². The highest BCUT2D eigenvalue weighted by Gasteiger charge is 2.02. The second-order valence-electron chi connectivity index (χ2n) is 7.82. The van der Waals surface area contributed by atoms with E-state index < -0.39 is 5.97 Å². The van der Waals surface area contributed by atoms with Gasteiger partial charge < -0.3 is 9.84 Å². The predicted octanol–water partition coefficient (Wildman–Crippen LogP) is 7.98. The number of hydrogen-bond donors (Lipinski definition) is 1. The lowest BCUT2D eigenvalue weighted by Gasteiger charge is -2.06. The van der Waals surface area contributed by atoms with Crippen LogP contribution >= 0.6 is 11.8 Å². The van der Waals surface area contributed by atoms with E-state index >= 15 is 0 Å².